The molecule has 1 aromatic heterocycles. The van der Waals surface area contributed by atoms with Gasteiger partial charge in [-0.15, -0.1) is 0 Å². The lowest BCUT2D eigenvalue weighted by molar-refractivity contribution is 0.175. The molecule has 2 aromatic carbocycles. The number of carbonyl (C=O) groups is 1. The van der Waals surface area contributed by atoms with Gasteiger partial charge in [0.2, 0.25) is 0 Å². The molecule has 1 aliphatic carbocycles. The Morgan fingerprint density at radius 1 is 0.939 bits per heavy atom. The van der Waals surface area contributed by atoms with E-state index < -0.39 is 0 Å². The van der Waals surface area contributed by atoms with Crippen molar-refractivity contribution in [3.63, 3.8) is 0 Å². The van der Waals surface area contributed by atoms with E-state index in [0.717, 1.165) is 46.5 Å². The van der Waals surface area contributed by atoms with Crippen molar-refractivity contribution in [2.45, 2.75) is 71.9 Å². The highest BCUT2D eigenvalue weighted by Gasteiger charge is 2.26. The third-order valence-corrected chi connectivity index (χ3v) is 6.68. The van der Waals surface area contributed by atoms with Crippen LogP contribution in [0.4, 0.5) is 10.5 Å². The van der Waals surface area contributed by atoms with Crippen molar-refractivity contribution in [1.82, 2.24) is 9.88 Å². The summed E-state index contributed by atoms with van der Waals surface area (Å²) in [6, 6.07) is 18.9. The number of aryl methyl sites for hydroxylation is 3. The summed E-state index contributed by atoms with van der Waals surface area (Å²) in [5.74, 6) is 0. The van der Waals surface area contributed by atoms with Crippen molar-refractivity contribution in [2.24, 2.45) is 0 Å². The number of nitrogens with zero attached hydrogens (tertiary/aromatic N) is 2. The fourth-order valence-electron chi connectivity index (χ4n) is 4.99. The zero-order valence-corrected chi connectivity index (χ0v) is 20.1. The third-order valence-electron chi connectivity index (χ3n) is 6.68. The summed E-state index contributed by atoms with van der Waals surface area (Å²) < 4.78 is 0. The number of rotatable bonds is 5. The molecule has 1 saturated carbocycles. The average molecular weight is 442 g/mol. The summed E-state index contributed by atoms with van der Waals surface area (Å²) in [6.07, 6.45) is 8.93. The molecule has 1 aliphatic rings. The first-order chi connectivity index (χ1) is 16.0. The number of hydrogen-bond acceptors (Lipinski definition) is 2. The van der Waals surface area contributed by atoms with E-state index in [1.807, 2.05) is 29.3 Å². The van der Waals surface area contributed by atoms with Crippen molar-refractivity contribution in [1.29, 1.82) is 0 Å². The molecule has 172 valence electrons. The molecule has 1 heterocycles. The first-order valence-corrected chi connectivity index (χ1v) is 12.2. The highest BCUT2D eigenvalue weighted by Crippen LogP contribution is 2.27. The molecule has 0 bridgehead atoms. The zero-order chi connectivity index (χ0) is 23.2. The smallest absolute Gasteiger partial charge is 0.317 e. The van der Waals surface area contributed by atoms with Crippen LogP contribution in [-0.4, -0.2) is 22.0 Å². The number of benzene rings is 2. The number of nitrogens with one attached hydrogen (secondary N) is 1. The fourth-order valence-corrected chi connectivity index (χ4v) is 4.99. The van der Waals surface area contributed by atoms with Crippen molar-refractivity contribution in [3.8, 4) is 11.3 Å². The predicted molar refractivity (Wildman–Crippen MR) is 136 cm³/mol. The molecular formula is C29H35N3O. The minimum atomic E-state index is -0.0101. The summed E-state index contributed by atoms with van der Waals surface area (Å²) in [5.41, 5.74) is 7.48. The van der Waals surface area contributed by atoms with Crippen LogP contribution in [0.1, 0.15) is 60.8 Å². The highest BCUT2D eigenvalue weighted by molar-refractivity contribution is 5.91. The molecule has 4 nitrogen and oxygen atoms in total. The molecule has 0 unspecified atom stereocenters. The van der Waals surface area contributed by atoms with E-state index in [1.54, 1.807) is 0 Å². The van der Waals surface area contributed by atoms with Gasteiger partial charge in [-0.05, 0) is 56.4 Å². The molecular weight excluding hydrogens is 406 g/mol. The second-order valence-corrected chi connectivity index (χ2v) is 9.39. The SMILES string of the molecule is Cc1cc(C)c(NC(=O)N(Cc2ccc(-c3ccccc3)nc2)C2CCCCCC2)c(C)c1. The Morgan fingerprint density at radius 2 is 1.61 bits per heavy atom. The van der Waals surface area contributed by atoms with Gasteiger partial charge in [0.15, 0.2) is 0 Å². The maximum absolute atomic E-state index is 13.6. The first-order valence-electron chi connectivity index (χ1n) is 12.2. The largest absolute Gasteiger partial charge is 0.322 e. The van der Waals surface area contributed by atoms with Crippen LogP contribution >= 0.6 is 0 Å². The van der Waals surface area contributed by atoms with E-state index in [0.29, 0.717) is 6.54 Å². The molecule has 1 fully saturated rings. The van der Waals surface area contributed by atoms with E-state index in [4.69, 9.17) is 0 Å². The van der Waals surface area contributed by atoms with Crippen molar-refractivity contribution < 1.29 is 4.79 Å². The van der Waals surface area contributed by atoms with Crippen LogP contribution in [0.25, 0.3) is 11.3 Å². The number of pyridine rings is 1. The Hall–Kier alpha value is -3.14. The molecule has 0 spiro atoms. The van der Waals surface area contributed by atoms with E-state index in [2.05, 4.69) is 67.5 Å². The van der Waals surface area contributed by atoms with Crippen molar-refractivity contribution >= 4 is 11.7 Å². The quantitative estimate of drug-likeness (QED) is 0.418. The maximum atomic E-state index is 13.6. The monoisotopic (exact) mass is 441 g/mol. The molecule has 0 radical (unpaired) electrons. The lowest BCUT2D eigenvalue weighted by atomic mass is 10.0. The van der Waals surface area contributed by atoms with Gasteiger partial charge in [0.05, 0.1) is 5.69 Å². The van der Waals surface area contributed by atoms with Gasteiger partial charge >= 0.3 is 6.03 Å². The number of amides is 2. The average Bonchev–Trinajstić information content (AvgIpc) is 3.10. The second kappa shape index (κ2) is 10.7. The van der Waals surface area contributed by atoms with Crippen LogP contribution in [0, 0.1) is 20.8 Å². The lowest BCUT2D eigenvalue weighted by Crippen LogP contribution is -2.42. The van der Waals surface area contributed by atoms with E-state index in [-0.39, 0.29) is 12.1 Å². The Balaban J connectivity index is 1.56. The zero-order valence-electron chi connectivity index (χ0n) is 20.1. The number of carbonyl (C=O) groups excluding carboxylic acids is 1. The summed E-state index contributed by atoms with van der Waals surface area (Å²) in [4.78, 5) is 20.3. The second-order valence-electron chi connectivity index (χ2n) is 9.39. The molecule has 4 rings (SSSR count). The van der Waals surface area contributed by atoms with Crippen LogP contribution in [0.5, 0.6) is 0 Å². The van der Waals surface area contributed by atoms with Crippen LogP contribution in [0.3, 0.4) is 0 Å². The predicted octanol–water partition coefficient (Wildman–Crippen LogP) is 7.43. The number of hydrogen-bond donors (Lipinski definition) is 1. The standard InChI is InChI=1S/C29H35N3O/c1-21-17-22(2)28(23(3)18-21)31-29(33)32(26-13-9-4-5-10-14-26)20-24-15-16-27(30-19-24)25-11-7-6-8-12-25/h6-8,11-12,15-19,26H,4-5,9-10,13-14,20H2,1-3H3,(H,31,33). The molecule has 4 heteroatoms. The van der Waals surface area contributed by atoms with E-state index in [9.17, 15) is 4.79 Å². The van der Waals surface area contributed by atoms with Gasteiger partial charge in [-0.3, -0.25) is 4.98 Å². The van der Waals surface area contributed by atoms with Gasteiger partial charge in [-0.25, -0.2) is 4.79 Å². The Kier molecular flexibility index (Phi) is 7.43. The third kappa shape index (κ3) is 5.81. The fraction of sp³-hybridized carbons (Fsp3) is 0.379. The molecule has 0 atom stereocenters. The van der Waals surface area contributed by atoms with Gasteiger partial charge in [0.25, 0.3) is 0 Å². The Bertz CT molecular complexity index is 1040. The number of anilines is 1. The Labute approximate surface area is 198 Å². The summed E-state index contributed by atoms with van der Waals surface area (Å²) in [5, 5.41) is 3.25. The van der Waals surface area contributed by atoms with Crippen LogP contribution in [0.2, 0.25) is 0 Å². The number of aromatic nitrogens is 1. The normalized spacial score (nSPS) is 14.5. The summed E-state index contributed by atoms with van der Waals surface area (Å²) in [6.45, 7) is 6.80. The Morgan fingerprint density at radius 3 is 2.21 bits per heavy atom. The van der Waals surface area contributed by atoms with E-state index >= 15 is 0 Å². The lowest BCUT2D eigenvalue weighted by Gasteiger charge is -2.32. The van der Waals surface area contributed by atoms with Crippen LogP contribution < -0.4 is 5.32 Å². The van der Waals surface area contributed by atoms with Crippen molar-refractivity contribution in [3.05, 3.63) is 83.0 Å². The van der Waals surface area contributed by atoms with Gasteiger partial charge in [-0.1, -0.05) is 79.8 Å². The highest BCUT2D eigenvalue weighted by atomic mass is 16.2. The molecule has 3 aromatic rings. The molecule has 33 heavy (non-hydrogen) atoms. The minimum Gasteiger partial charge on any atom is -0.317 e. The van der Waals surface area contributed by atoms with Gasteiger partial charge in [0.1, 0.15) is 0 Å². The molecule has 1 N–H and O–H groups in total. The molecule has 0 aliphatic heterocycles. The van der Waals surface area contributed by atoms with Crippen LogP contribution in [-0.2, 0) is 6.54 Å². The topological polar surface area (TPSA) is 45.2 Å². The first kappa shape index (κ1) is 23.0. The minimum absolute atomic E-state index is 0.0101. The van der Waals surface area contributed by atoms with Crippen molar-refractivity contribution in [2.75, 3.05) is 5.32 Å². The van der Waals surface area contributed by atoms with Crippen LogP contribution in [0.15, 0.2) is 60.8 Å². The van der Waals surface area contributed by atoms with Gasteiger partial charge < -0.3 is 10.2 Å². The summed E-state index contributed by atoms with van der Waals surface area (Å²) >= 11 is 0. The summed E-state index contributed by atoms with van der Waals surface area (Å²) in [7, 11) is 0. The maximum Gasteiger partial charge on any atom is 0.322 e. The molecule has 0 saturated heterocycles. The molecule has 2 amide bonds. The van der Waals surface area contributed by atoms with E-state index in [1.165, 1.54) is 31.2 Å². The van der Waals surface area contributed by atoms with Gasteiger partial charge in [-0.2, -0.15) is 0 Å². The van der Waals surface area contributed by atoms with Gasteiger partial charge in [0, 0.05) is 30.0 Å². The number of urea groups is 1.